The minimum Gasteiger partial charge on any atom is -0.326 e. The number of rotatable bonds is 5. The standard InChI is InChI=1S/C21H23N3O3S/c1-16-4-10-20(11-5-16)28(26,27)24-14-2-3-18(15-24)21(25)23-19-8-6-17(7-9-19)12-13-22/h4-11,18H,2-3,12,14-15H2,1H3,(H,23,25)/t18-/m0/s1. The third-order valence-corrected chi connectivity index (χ3v) is 6.80. The van der Waals surface area contributed by atoms with Gasteiger partial charge in [-0.3, -0.25) is 4.79 Å². The van der Waals surface area contributed by atoms with E-state index >= 15 is 0 Å². The van der Waals surface area contributed by atoms with Crippen LogP contribution in [0.3, 0.4) is 0 Å². The van der Waals surface area contributed by atoms with Crippen LogP contribution >= 0.6 is 0 Å². The molecule has 0 unspecified atom stereocenters. The normalized spacial score (nSPS) is 17.6. The predicted molar refractivity (Wildman–Crippen MR) is 107 cm³/mol. The van der Waals surface area contributed by atoms with Gasteiger partial charge in [-0.1, -0.05) is 29.8 Å². The van der Waals surface area contributed by atoms with Gasteiger partial charge in [0.1, 0.15) is 0 Å². The first-order chi connectivity index (χ1) is 13.4. The summed E-state index contributed by atoms with van der Waals surface area (Å²) in [6.45, 7) is 2.50. The van der Waals surface area contributed by atoms with Gasteiger partial charge in [-0.2, -0.15) is 9.57 Å². The Morgan fingerprint density at radius 3 is 2.50 bits per heavy atom. The highest BCUT2D eigenvalue weighted by Crippen LogP contribution is 2.25. The average Bonchev–Trinajstić information content (AvgIpc) is 2.70. The molecule has 6 nitrogen and oxygen atoms in total. The maximum absolute atomic E-state index is 12.9. The van der Waals surface area contributed by atoms with Gasteiger partial charge in [-0.05, 0) is 49.6 Å². The monoisotopic (exact) mass is 397 g/mol. The van der Waals surface area contributed by atoms with Gasteiger partial charge in [-0.15, -0.1) is 0 Å². The highest BCUT2D eigenvalue weighted by molar-refractivity contribution is 7.89. The number of benzene rings is 2. The molecule has 146 valence electrons. The number of aryl methyl sites for hydroxylation is 1. The van der Waals surface area contributed by atoms with Crippen molar-refractivity contribution in [3.05, 3.63) is 59.7 Å². The van der Waals surface area contributed by atoms with Crippen LogP contribution in [0.1, 0.15) is 24.0 Å². The van der Waals surface area contributed by atoms with Gasteiger partial charge in [-0.25, -0.2) is 8.42 Å². The molecule has 1 aliphatic rings. The van der Waals surface area contributed by atoms with E-state index in [1.807, 2.05) is 6.92 Å². The van der Waals surface area contributed by atoms with E-state index in [2.05, 4.69) is 11.4 Å². The molecule has 2 aromatic carbocycles. The number of anilines is 1. The molecule has 0 aliphatic carbocycles. The smallest absolute Gasteiger partial charge is 0.243 e. The molecule has 7 heteroatoms. The second-order valence-electron chi connectivity index (χ2n) is 7.04. The van der Waals surface area contributed by atoms with Gasteiger partial charge >= 0.3 is 0 Å². The molecule has 0 spiro atoms. The molecule has 28 heavy (non-hydrogen) atoms. The Kier molecular flexibility index (Phi) is 6.12. The first-order valence-corrected chi connectivity index (χ1v) is 10.7. The van der Waals surface area contributed by atoms with Gasteiger partial charge in [0.05, 0.1) is 23.3 Å². The number of carbonyl (C=O) groups excluding carboxylic acids is 1. The fourth-order valence-electron chi connectivity index (χ4n) is 3.28. The molecule has 1 atom stereocenters. The zero-order valence-corrected chi connectivity index (χ0v) is 16.6. The Morgan fingerprint density at radius 1 is 1.18 bits per heavy atom. The number of amides is 1. The summed E-state index contributed by atoms with van der Waals surface area (Å²) in [4.78, 5) is 12.9. The summed E-state index contributed by atoms with van der Waals surface area (Å²) in [6.07, 6.45) is 1.62. The van der Waals surface area contributed by atoms with Gasteiger partial charge in [0.25, 0.3) is 0 Å². The van der Waals surface area contributed by atoms with Crippen LogP contribution in [0, 0.1) is 24.2 Å². The number of carbonyl (C=O) groups is 1. The summed E-state index contributed by atoms with van der Waals surface area (Å²) >= 11 is 0. The SMILES string of the molecule is Cc1ccc(S(=O)(=O)N2CCC[C@H](C(=O)Nc3ccc(CC#N)cc3)C2)cc1. The lowest BCUT2D eigenvalue weighted by Crippen LogP contribution is -2.43. The summed E-state index contributed by atoms with van der Waals surface area (Å²) in [5, 5.41) is 11.6. The van der Waals surface area contributed by atoms with Gasteiger partial charge < -0.3 is 5.32 Å². The highest BCUT2D eigenvalue weighted by atomic mass is 32.2. The lowest BCUT2D eigenvalue weighted by atomic mass is 9.98. The van der Waals surface area contributed by atoms with Crippen LogP contribution in [0.5, 0.6) is 0 Å². The van der Waals surface area contributed by atoms with Gasteiger partial charge in [0, 0.05) is 18.8 Å². The molecule has 0 saturated carbocycles. The first kappa shape index (κ1) is 20.1. The van der Waals surface area contributed by atoms with Crippen LogP contribution in [0.15, 0.2) is 53.4 Å². The molecule has 1 aliphatic heterocycles. The number of hydrogen-bond acceptors (Lipinski definition) is 4. The van der Waals surface area contributed by atoms with E-state index in [-0.39, 0.29) is 17.3 Å². The molecule has 2 aromatic rings. The maximum Gasteiger partial charge on any atom is 0.243 e. The molecule has 0 bridgehead atoms. The van der Waals surface area contributed by atoms with E-state index in [1.54, 1.807) is 48.5 Å². The molecule has 1 fully saturated rings. The molecule has 1 amide bonds. The Hall–Kier alpha value is -2.69. The Bertz CT molecular complexity index is 977. The highest BCUT2D eigenvalue weighted by Gasteiger charge is 2.33. The molecule has 0 aromatic heterocycles. The summed E-state index contributed by atoms with van der Waals surface area (Å²) < 4.78 is 27.2. The van der Waals surface area contributed by atoms with E-state index in [0.717, 1.165) is 11.1 Å². The molecular weight excluding hydrogens is 374 g/mol. The minimum atomic E-state index is -3.61. The Morgan fingerprint density at radius 2 is 1.86 bits per heavy atom. The zero-order valence-electron chi connectivity index (χ0n) is 15.8. The number of nitriles is 1. The van der Waals surface area contributed by atoms with Crippen molar-refractivity contribution in [3.63, 3.8) is 0 Å². The number of piperidine rings is 1. The lowest BCUT2D eigenvalue weighted by Gasteiger charge is -2.31. The molecule has 1 heterocycles. The first-order valence-electron chi connectivity index (χ1n) is 9.24. The van der Waals surface area contributed by atoms with Gasteiger partial charge in [0.15, 0.2) is 0 Å². The van der Waals surface area contributed by atoms with Crippen LogP contribution in [-0.2, 0) is 21.2 Å². The van der Waals surface area contributed by atoms with E-state index in [4.69, 9.17) is 5.26 Å². The van der Waals surface area contributed by atoms with Crippen molar-refractivity contribution in [1.82, 2.24) is 4.31 Å². The van der Waals surface area contributed by atoms with Crippen LogP contribution in [-0.4, -0.2) is 31.7 Å². The van der Waals surface area contributed by atoms with Crippen molar-refractivity contribution in [1.29, 1.82) is 5.26 Å². The molecule has 0 radical (unpaired) electrons. The van der Waals surface area contributed by atoms with Crippen molar-refractivity contribution < 1.29 is 13.2 Å². The van der Waals surface area contributed by atoms with E-state index in [1.165, 1.54) is 4.31 Å². The largest absolute Gasteiger partial charge is 0.326 e. The Labute approximate surface area is 165 Å². The fraction of sp³-hybridized carbons (Fsp3) is 0.333. The lowest BCUT2D eigenvalue weighted by molar-refractivity contribution is -0.120. The average molecular weight is 398 g/mol. The maximum atomic E-state index is 12.9. The van der Waals surface area contributed by atoms with Gasteiger partial charge in [0.2, 0.25) is 15.9 Å². The van der Waals surface area contributed by atoms with E-state index in [0.29, 0.717) is 31.5 Å². The van der Waals surface area contributed by atoms with Crippen molar-refractivity contribution in [2.45, 2.75) is 31.1 Å². The van der Waals surface area contributed by atoms with E-state index < -0.39 is 15.9 Å². The zero-order chi connectivity index (χ0) is 20.1. The molecular formula is C21H23N3O3S. The minimum absolute atomic E-state index is 0.175. The summed E-state index contributed by atoms with van der Waals surface area (Å²) in [6, 6.07) is 16.0. The third-order valence-electron chi connectivity index (χ3n) is 4.92. The number of nitrogens with zero attached hydrogens (tertiary/aromatic N) is 2. The van der Waals surface area contributed by atoms with Crippen molar-refractivity contribution in [3.8, 4) is 6.07 Å². The van der Waals surface area contributed by atoms with Crippen molar-refractivity contribution in [2.24, 2.45) is 5.92 Å². The third kappa shape index (κ3) is 4.58. The second-order valence-corrected chi connectivity index (χ2v) is 8.97. The number of nitrogens with one attached hydrogen (secondary N) is 1. The molecule has 1 N–H and O–H groups in total. The van der Waals surface area contributed by atoms with Crippen molar-refractivity contribution >= 4 is 21.6 Å². The van der Waals surface area contributed by atoms with Crippen molar-refractivity contribution in [2.75, 3.05) is 18.4 Å². The topological polar surface area (TPSA) is 90.3 Å². The van der Waals surface area contributed by atoms with Crippen LogP contribution in [0.25, 0.3) is 0 Å². The summed E-state index contributed by atoms with van der Waals surface area (Å²) in [7, 11) is -3.61. The number of hydrogen-bond donors (Lipinski definition) is 1. The van der Waals surface area contributed by atoms with E-state index in [9.17, 15) is 13.2 Å². The summed E-state index contributed by atoms with van der Waals surface area (Å²) in [5.74, 6) is -0.579. The number of sulfonamides is 1. The molecule has 3 rings (SSSR count). The molecule has 1 saturated heterocycles. The summed E-state index contributed by atoms with van der Waals surface area (Å²) in [5.41, 5.74) is 2.52. The predicted octanol–water partition coefficient (Wildman–Crippen LogP) is 3.10. The fourth-order valence-corrected chi connectivity index (χ4v) is 4.80. The second kappa shape index (κ2) is 8.55. The van der Waals surface area contributed by atoms with Crippen LogP contribution < -0.4 is 5.32 Å². The van der Waals surface area contributed by atoms with Crippen LogP contribution in [0.2, 0.25) is 0 Å². The van der Waals surface area contributed by atoms with Crippen LogP contribution in [0.4, 0.5) is 5.69 Å². The quantitative estimate of drug-likeness (QED) is 0.839. The Balaban J connectivity index is 1.67.